The molecular weight excluding hydrogens is 300 g/mol. The molecule has 0 radical (unpaired) electrons. The van der Waals surface area contributed by atoms with E-state index >= 15 is 0 Å². The van der Waals surface area contributed by atoms with Gasteiger partial charge in [0, 0.05) is 18.2 Å². The van der Waals surface area contributed by atoms with Crippen LogP contribution in [0.1, 0.15) is 32.6 Å². The summed E-state index contributed by atoms with van der Waals surface area (Å²) in [5, 5.41) is 2.76. The molecule has 22 heavy (non-hydrogen) atoms. The van der Waals surface area contributed by atoms with Crippen LogP contribution in [0, 0.1) is 11.8 Å². The number of hydrogen-bond donors (Lipinski definition) is 2. The lowest BCUT2D eigenvalue weighted by atomic mass is 9.82. The molecule has 0 heterocycles. The maximum atomic E-state index is 12.1. The first kappa shape index (κ1) is 16.8. The molecule has 1 aromatic rings. The van der Waals surface area contributed by atoms with Crippen molar-refractivity contribution in [2.45, 2.75) is 32.6 Å². The standard InChI is InChI=1S/C16H24N2O3S/c1-13-6-5-7-14(12-13)16(19)17-10-11-22(20,21)18-15-8-3-2-4-9-15/h2-4,8-9,13-14,18H,5-7,10-12H2,1H3,(H,17,19)/t13-,14-/m1/s1. The van der Waals surface area contributed by atoms with Gasteiger partial charge in [-0.15, -0.1) is 0 Å². The zero-order chi connectivity index (χ0) is 16.0. The molecule has 1 fully saturated rings. The van der Waals surface area contributed by atoms with Crippen molar-refractivity contribution in [2.24, 2.45) is 11.8 Å². The van der Waals surface area contributed by atoms with Crippen LogP contribution in [0.15, 0.2) is 30.3 Å². The highest BCUT2D eigenvalue weighted by Crippen LogP contribution is 2.28. The van der Waals surface area contributed by atoms with Crippen LogP contribution in [0.2, 0.25) is 0 Å². The van der Waals surface area contributed by atoms with Gasteiger partial charge < -0.3 is 5.32 Å². The number of carbonyl (C=O) groups excluding carboxylic acids is 1. The summed E-state index contributed by atoms with van der Waals surface area (Å²) in [6, 6.07) is 8.75. The molecule has 1 aliphatic rings. The maximum absolute atomic E-state index is 12.1. The quantitative estimate of drug-likeness (QED) is 0.843. The Labute approximate surface area is 132 Å². The Morgan fingerprint density at radius 2 is 1.95 bits per heavy atom. The fraction of sp³-hybridized carbons (Fsp3) is 0.562. The lowest BCUT2D eigenvalue weighted by Crippen LogP contribution is -2.37. The summed E-state index contributed by atoms with van der Waals surface area (Å²) in [6.07, 6.45) is 4.07. The average Bonchev–Trinajstić information content (AvgIpc) is 2.47. The second-order valence-electron chi connectivity index (χ2n) is 6.05. The molecule has 0 unspecified atom stereocenters. The smallest absolute Gasteiger partial charge is 0.234 e. The number of sulfonamides is 1. The number of nitrogens with one attached hydrogen (secondary N) is 2. The molecule has 2 atom stereocenters. The molecule has 5 nitrogen and oxygen atoms in total. The SMILES string of the molecule is C[C@@H]1CCC[C@@H](C(=O)NCCS(=O)(=O)Nc2ccccc2)C1. The molecule has 1 aliphatic carbocycles. The number of amides is 1. The second kappa shape index (κ2) is 7.63. The van der Waals surface area contributed by atoms with Gasteiger partial charge in [0.1, 0.15) is 0 Å². The minimum Gasteiger partial charge on any atom is -0.355 e. The Kier molecular flexibility index (Phi) is 5.83. The van der Waals surface area contributed by atoms with Crippen LogP contribution < -0.4 is 10.0 Å². The molecule has 0 aromatic heterocycles. The molecule has 1 saturated carbocycles. The predicted octanol–water partition coefficient (Wildman–Crippen LogP) is 2.37. The zero-order valence-electron chi connectivity index (χ0n) is 12.9. The van der Waals surface area contributed by atoms with Gasteiger partial charge in [0.05, 0.1) is 5.75 Å². The van der Waals surface area contributed by atoms with Crippen molar-refractivity contribution in [3.8, 4) is 0 Å². The van der Waals surface area contributed by atoms with Gasteiger partial charge in [-0.2, -0.15) is 0 Å². The highest BCUT2D eigenvalue weighted by molar-refractivity contribution is 7.92. The summed E-state index contributed by atoms with van der Waals surface area (Å²) in [6.45, 7) is 2.31. The molecule has 0 aliphatic heterocycles. The van der Waals surface area contributed by atoms with Crippen molar-refractivity contribution >= 4 is 21.6 Å². The van der Waals surface area contributed by atoms with Gasteiger partial charge >= 0.3 is 0 Å². The number of para-hydroxylation sites is 1. The van der Waals surface area contributed by atoms with E-state index < -0.39 is 10.0 Å². The number of anilines is 1. The number of benzene rings is 1. The molecule has 0 spiro atoms. The summed E-state index contributed by atoms with van der Waals surface area (Å²) >= 11 is 0. The molecule has 122 valence electrons. The molecule has 1 amide bonds. The van der Waals surface area contributed by atoms with Crippen molar-refractivity contribution in [1.29, 1.82) is 0 Å². The topological polar surface area (TPSA) is 75.3 Å². The van der Waals surface area contributed by atoms with Crippen molar-refractivity contribution in [1.82, 2.24) is 5.32 Å². The summed E-state index contributed by atoms with van der Waals surface area (Å²) < 4.78 is 26.4. The first-order valence-corrected chi connectivity index (χ1v) is 9.45. The Hall–Kier alpha value is -1.56. The van der Waals surface area contributed by atoms with Crippen molar-refractivity contribution in [3.63, 3.8) is 0 Å². The Morgan fingerprint density at radius 3 is 2.64 bits per heavy atom. The highest BCUT2D eigenvalue weighted by atomic mass is 32.2. The average molecular weight is 324 g/mol. The van der Waals surface area contributed by atoms with E-state index in [2.05, 4.69) is 17.0 Å². The maximum Gasteiger partial charge on any atom is 0.234 e. The second-order valence-corrected chi connectivity index (χ2v) is 7.89. The van der Waals surface area contributed by atoms with E-state index in [0.717, 1.165) is 19.3 Å². The van der Waals surface area contributed by atoms with Gasteiger partial charge in [0.25, 0.3) is 0 Å². The lowest BCUT2D eigenvalue weighted by Gasteiger charge is -2.25. The summed E-state index contributed by atoms with van der Waals surface area (Å²) in [7, 11) is -3.44. The Balaban J connectivity index is 1.76. The first-order chi connectivity index (χ1) is 10.5. The van der Waals surface area contributed by atoms with Gasteiger partial charge in [0.2, 0.25) is 15.9 Å². The third kappa shape index (κ3) is 5.33. The first-order valence-electron chi connectivity index (χ1n) is 7.79. The van der Waals surface area contributed by atoms with E-state index in [1.54, 1.807) is 24.3 Å². The minimum absolute atomic E-state index is 0.0125. The van der Waals surface area contributed by atoms with Gasteiger partial charge in [0.15, 0.2) is 0 Å². The largest absolute Gasteiger partial charge is 0.355 e. The third-order valence-corrected chi connectivity index (χ3v) is 5.31. The number of carbonyl (C=O) groups is 1. The van der Waals surface area contributed by atoms with Crippen molar-refractivity contribution < 1.29 is 13.2 Å². The molecule has 0 bridgehead atoms. The van der Waals surface area contributed by atoms with Crippen LogP contribution in [-0.2, 0) is 14.8 Å². The Bertz CT molecular complexity index is 587. The fourth-order valence-corrected chi connectivity index (χ4v) is 3.83. The van der Waals surface area contributed by atoms with E-state index in [1.807, 2.05) is 6.07 Å². The van der Waals surface area contributed by atoms with E-state index in [-0.39, 0.29) is 24.1 Å². The molecule has 0 saturated heterocycles. The zero-order valence-corrected chi connectivity index (χ0v) is 13.7. The van der Waals surface area contributed by atoms with Crippen molar-refractivity contribution in [2.75, 3.05) is 17.0 Å². The van der Waals surface area contributed by atoms with Crippen LogP contribution in [0.25, 0.3) is 0 Å². The van der Waals surface area contributed by atoms with E-state index in [0.29, 0.717) is 11.6 Å². The molecular formula is C16H24N2O3S. The minimum atomic E-state index is -3.44. The van der Waals surface area contributed by atoms with Gasteiger partial charge in [-0.25, -0.2) is 8.42 Å². The third-order valence-electron chi connectivity index (χ3n) is 4.02. The van der Waals surface area contributed by atoms with Gasteiger partial charge in [-0.05, 0) is 30.9 Å². The van der Waals surface area contributed by atoms with Gasteiger partial charge in [-0.3, -0.25) is 9.52 Å². The summed E-state index contributed by atoms with van der Waals surface area (Å²) in [4.78, 5) is 12.1. The number of rotatable bonds is 6. The van der Waals surface area contributed by atoms with Crippen LogP contribution in [-0.4, -0.2) is 26.6 Å². The summed E-state index contributed by atoms with van der Waals surface area (Å²) in [5.74, 6) is 0.485. The monoisotopic (exact) mass is 324 g/mol. The predicted molar refractivity (Wildman–Crippen MR) is 88.0 cm³/mol. The molecule has 1 aromatic carbocycles. The van der Waals surface area contributed by atoms with Crippen LogP contribution in [0.3, 0.4) is 0 Å². The van der Waals surface area contributed by atoms with Crippen LogP contribution in [0.4, 0.5) is 5.69 Å². The molecule has 6 heteroatoms. The van der Waals surface area contributed by atoms with E-state index in [4.69, 9.17) is 0 Å². The molecule has 2 rings (SSSR count). The lowest BCUT2D eigenvalue weighted by molar-refractivity contribution is -0.126. The Morgan fingerprint density at radius 1 is 1.23 bits per heavy atom. The van der Waals surface area contributed by atoms with Crippen LogP contribution in [0.5, 0.6) is 0 Å². The van der Waals surface area contributed by atoms with Gasteiger partial charge in [-0.1, -0.05) is 38.0 Å². The molecule has 2 N–H and O–H groups in total. The van der Waals surface area contributed by atoms with E-state index in [1.165, 1.54) is 6.42 Å². The summed E-state index contributed by atoms with van der Waals surface area (Å²) in [5.41, 5.74) is 0.537. The number of hydrogen-bond acceptors (Lipinski definition) is 3. The van der Waals surface area contributed by atoms with Crippen molar-refractivity contribution in [3.05, 3.63) is 30.3 Å². The highest BCUT2D eigenvalue weighted by Gasteiger charge is 2.25. The normalized spacial score (nSPS) is 22.0. The van der Waals surface area contributed by atoms with E-state index in [9.17, 15) is 13.2 Å². The van der Waals surface area contributed by atoms with Crippen LogP contribution >= 0.6 is 0 Å². The fourth-order valence-electron chi connectivity index (χ4n) is 2.86.